The monoisotopic (exact) mass is 544 g/mol. The Kier molecular flexibility index (Phi) is 7.00. The third-order valence-electron chi connectivity index (χ3n) is 5.88. The highest BCUT2D eigenvalue weighted by Crippen LogP contribution is 2.48. The van der Waals surface area contributed by atoms with Crippen LogP contribution < -0.4 is 10.6 Å². The Morgan fingerprint density at radius 2 is 1.81 bits per heavy atom. The first kappa shape index (κ1) is 26.3. The predicted octanol–water partition coefficient (Wildman–Crippen LogP) is 1.90. The Hall–Kier alpha value is -2.78. The number of primary amides is 1. The number of nitrogens with two attached hydrogens (primary N) is 1. The van der Waals surface area contributed by atoms with Crippen molar-refractivity contribution in [3.63, 3.8) is 0 Å². The summed E-state index contributed by atoms with van der Waals surface area (Å²) in [5.41, 5.74) is 5.40. The molecule has 194 valence electrons. The first-order valence-electron chi connectivity index (χ1n) is 10.6. The second-order valence-corrected chi connectivity index (χ2v) is 11.5. The van der Waals surface area contributed by atoms with E-state index < -0.39 is 46.4 Å². The SMILES string of the molecule is CN1C(C(F)(F)F)=CC(O)N(c2ccc3c(c2)C(C(N)=O)N(S(=O)(=O)CCc2ccccc2)S3)C1O. The van der Waals surface area contributed by atoms with Gasteiger partial charge >= 0.3 is 6.18 Å². The highest BCUT2D eigenvalue weighted by molar-refractivity contribution is 8.08. The van der Waals surface area contributed by atoms with Gasteiger partial charge in [0.2, 0.25) is 22.3 Å². The van der Waals surface area contributed by atoms with Gasteiger partial charge in [0.1, 0.15) is 11.7 Å². The maximum Gasteiger partial charge on any atom is 0.431 e. The predicted molar refractivity (Wildman–Crippen MR) is 126 cm³/mol. The number of hydrogen-bond acceptors (Lipinski definition) is 8. The zero-order valence-electron chi connectivity index (χ0n) is 18.8. The van der Waals surface area contributed by atoms with Gasteiger partial charge in [-0.2, -0.15) is 13.2 Å². The van der Waals surface area contributed by atoms with Gasteiger partial charge in [-0.3, -0.25) is 9.69 Å². The van der Waals surface area contributed by atoms with Gasteiger partial charge in [-0.1, -0.05) is 30.3 Å². The van der Waals surface area contributed by atoms with Crippen molar-refractivity contribution in [2.45, 2.75) is 36.1 Å². The molecule has 14 heteroatoms. The number of carbonyl (C=O) groups excluding carboxylic acids is 1. The van der Waals surface area contributed by atoms with Gasteiger partial charge in [0.25, 0.3) is 0 Å². The lowest BCUT2D eigenvalue weighted by molar-refractivity contribution is -0.133. The number of benzene rings is 2. The van der Waals surface area contributed by atoms with Crippen LogP contribution in [0.15, 0.2) is 65.2 Å². The number of amides is 1. The molecule has 2 aromatic carbocycles. The fourth-order valence-electron chi connectivity index (χ4n) is 4.08. The molecule has 9 nitrogen and oxygen atoms in total. The fourth-order valence-corrected chi connectivity index (χ4v) is 7.13. The van der Waals surface area contributed by atoms with Gasteiger partial charge in [-0.15, -0.1) is 3.71 Å². The molecule has 3 atom stereocenters. The summed E-state index contributed by atoms with van der Waals surface area (Å²) in [5, 5.41) is 20.9. The molecule has 4 N–H and O–H groups in total. The van der Waals surface area contributed by atoms with E-state index in [1.807, 2.05) is 0 Å². The van der Waals surface area contributed by atoms with Gasteiger partial charge in [0, 0.05) is 17.6 Å². The molecule has 0 aliphatic carbocycles. The average Bonchev–Trinajstić information content (AvgIpc) is 3.20. The van der Waals surface area contributed by atoms with Crippen molar-refractivity contribution in [2.75, 3.05) is 17.7 Å². The first-order valence-corrected chi connectivity index (χ1v) is 13.0. The summed E-state index contributed by atoms with van der Waals surface area (Å²) in [7, 11) is -2.96. The number of anilines is 1. The average molecular weight is 545 g/mol. The molecule has 0 saturated heterocycles. The van der Waals surface area contributed by atoms with Gasteiger partial charge in [0.05, 0.1) is 5.75 Å². The van der Waals surface area contributed by atoms with Crippen LogP contribution in [0.1, 0.15) is 17.2 Å². The zero-order chi connectivity index (χ0) is 26.4. The lowest BCUT2D eigenvalue weighted by Crippen LogP contribution is -2.56. The molecule has 0 spiro atoms. The van der Waals surface area contributed by atoms with Crippen molar-refractivity contribution in [1.29, 1.82) is 0 Å². The van der Waals surface area contributed by atoms with Crippen molar-refractivity contribution in [2.24, 2.45) is 5.73 Å². The molecule has 0 bridgehead atoms. The first-order chi connectivity index (χ1) is 16.8. The van der Waals surface area contributed by atoms with E-state index in [-0.39, 0.29) is 23.4 Å². The van der Waals surface area contributed by atoms with Crippen molar-refractivity contribution in [3.8, 4) is 0 Å². The third kappa shape index (κ3) is 4.91. The van der Waals surface area contributed by atoms with Crippen LogP contribution in [0, 0.1) is 0 Å². The van der Waals surface area contributed by atoms with Crippen LogP contribution in [0.25, 0.3) is 0 Å². The summed E-state index contributed by atoms with van der Waals surface area (Å²) < 4.78 is 66.9. The van der Waals surface area contributed by atoms with E-state index in [9.17, 15) is 36.6 Å². The van der Waals surface area contributed by atoms with Crippen molar-refractivity contribution < 1.29 is 36.6 Å². The highest BCUT2D eigenvalue weighted by Gasteiger charge is 2.46. The van der Waals surface area contributed by atoms with E-state index in [1.54, 1.807) is 30.3 Å². The number of rotatable bonds is 6. The van der Waals surface area contributed by atoms with Gasteiger partial charge in [0.15, 0.2) is 6.23 Å². The molecule has 0 saturated carbocycles. The number of aryl methyl sites for hydroxylation is 1. The molecule has 2 aliphatic heterocycles. The summed E-state index contributed by atoms with van der Waals surface area (Å²) in [6.45, 7) is 0. The molecule has 2 heterocycles. The van der Waals surface area contributed by atoms with Crippen LogP contribution in [-0.2, 0) is 21.2 Å². The van der Waals surface area contributed by atoms with Crippen molar-refractivity contribution in [1.82, 2.24) is 8.61 Å². The molecular weight excluding hydrogens is 521 g/mol. The van der Waals surface area contributed by atoms with E-state index >= 15 is 0 Å². The van der Waals surface area contributed by atoms with E-state index in [0.29, 0.717) is 15.9 Å². The summed E-state index contributed by atoms with van der Waals surface area (Å²) in [6, 6.07) is 11.7. The lowest BCUT2D eigenvalue weighted by Gasteiger charge is -2.43. The molecule has 36 heavy (non-hydrogen) atoms. The number of halogens is 3. The molecule has 0 fully saturated rings. The Bertz CT molecular complexity index is 1290. The number of nitrogens with zero attached hydrogens (tertiary/aromatic N) is 3. The third-order valence-corrected chi connectivity index (χ3v) is 9.22. The van der Waals surface area contributed by atoms with Crippen LogP contribution in [0.3, 0.4) is 0 Å². The Balaban J connectivity index is 1.64. The number of allylic oxidation sites excluding steroid dienone is 1. The standard InChI is InChI=1S/C22H23F3N4O5S2/c1-27-17(22(23,24)25)12-18(30)28(21(27)32)14-7-8-16-15(11-14)19(20(26)31)29(35-16)36(33,34)10-9-13-5-3-2-4-6-13/h2-8,11-12,18-19,21,30,32H,9-10H2,1H3,(H2,26,31). The number of aliphatic hydroxyl groups is 2. The Labute approximate surface area is 209 Å². The van der Waals surface area contributed by atoms with E-state index in [2.05, 4.69) is 0 Å². The molecule has 2 aromatic rings. The number of fused-ring (bicyclic) bond motifs is 1. The van der Waals surface area contributed by atoms with Crippen molar-refractivity contribution in [3.05, 3.63) is 71.4 Å². The molecule has 2 aliphatic rings. The molecule has 0 radical (unpaired) electrons. The maximum absolute atomic E-state index is 13.2. The summed E-state index contributed by atoms with van der Waals surface area (Å²) >= 11 is 0.806. The molecule has 1 amide bonds. The number of carbonyl (C=O) groups is 1. The van der Waals surface area contributed by atoms with Crippen molar-refractivity contribution >= 4 is 33.6 Å². The second-order valence-electron chi connectivity index (χ2n) is 8.25. The van der Waals surface area contributed by atoms with E-state index in [1.165, 1.54) is 18.2 Å². The smallest absolute Gasteiger partial charge is 0.370 e. The van der Waals surface area contributed by atoms with Crippen LogP contribution in [0.2, 0.25) is 0 Å². The van der Waals surface area contributed by atoms with E-state index in [4.69, 9.17) is 5.73 Å². The Morgan fingerprint density at radius 3 is 2.42 bits per heavy atom. The number of alkyl halides is 3. The van der Waals surface area contributed by atoms with E-state index in [0.717, 1.165) is 33.2 Å². The highest BCUT2D eigenvalue weighted by atomic mass is 32.3. The quantitative estimate of drug-likeness (QED) is 0.471. The second kappa shape index (κ2) is 9.59. The van der Waals surface area contributed by atoms with Crippen LogP contribution in [0.4, 0.5) is 18.9 Å². The largest absolute Gasteiger partial charge is 0.431 e. The minimum absolute atomic E-state index is 0.0634. The molecule has 4 rings (SSSR count). The summed E-state index contributed by atoms with van der Waals surface area (Å²) in [4.78, 5) is 14.2. The number of sulfonamides is 1. The normalized spacial score (nSPS) is 22.9. The van der Waals surface area contributed by atoms with Crippen LogP contribution >= 0.6 is 11.9 Å². The molecule has 3 unspecified atom stereocenters. The molecular formula is C22H23F3N4O5S2. The lowest BCUT2D eigenvalue weighted by atomic mass is 10.1. The molecule has 0 aromatic heterocycles. The van der Waals surface area contributed by atoms with Gasteiger partial charge in [-0.25, -0.2) is 8.42 Å². The minimum Gasteiger partial charge on any atom is -0.370 e. The van der Waals surface area contributed by atoms with Gasteiger partial charge in [-0.05, 0) is 53.8 Å². The number of hydrogen-bond donors (Lipinski definition) is 3. The zero-order valence-corrected chi connectivity index (χ0v) is 20.5. The van der Waals surface area contributed by atoms with Gasteiger partial charge < -0.3 is 20.8 Å². The summed E-state index contributed by atoms with van der Waals surface area (Å²) in [5.74, 6) is -1.23. The topological polar surface area (TPSA) is 127 Å². The maximum atomic E-state index is 13.2. The Morgan fingerprint density at radius 1 is 1.14 bits per heavy atom. The van der Waals surface area contributed by atoms with Crippen LogP contribution in [0.5, 0.6) is 0 Å². The summed E-state index contributed by atoms with van der Waals surface area (Å²) in [6.07, 6.45) is -7.80. The minimum atomic E-state index is -4.80. The fraction of sp³-hybridized carbons (Fsp3) is 0.318. The van der Waals surface area contributed by atoms with Crippen LogP contribution in [-0.4, -0.2) is 64.7 Å². The number of aliphatic hydroxyl groups excluding tert-OH is 2.